The second-order valence-corrected chi connectivity index (χ2v) is 10.8. The highest BCUT2D eigenvalue weighted by molar-refractivity contribution is 7.19. The molecule has 2 aliphatic rings. The maximum Gasteiger partial charge on any atom is 0.178 e. The Labute approximate surface area is 209 Å². The summed E-state index contributed by atoms with van der Waals surface area (Å²) in [6, 6.07) is 15.1. The summed E-state index contributed by atoms with van der Waals surface area (Å²) in [6.45, 7) is 0.933. The number of ether oxygens (including phenoxy) is 3. The van der Waals surface area contributed by atoms with Gasteiger partial charge in [-0.2, -0.15) is 0 Å². The van der Waals surface area contributed by atoms with Crippen LogP contribution in [-0.2, 0) is 0 Å². The third kappa shape index (κ3) is 4.15. The van der Waals surface area contributed by atoms with Gasteiger partial charge in [-0.25, -0.2) is 0 Å². The van der Waals surface area contributed by atoms with Gasteiger partial charge in [0.25, 0.3) is 0 Å². The monoisotopic (exact) mass is 493 g/mol. The van der Waals surface area contributed by atoms with Crippen LogP contribution in [0.25, 0.3) is 21.1 Å². The number of nitrogens with zero attached hydrogens (tertiary/aromatic N) is 1. The first-order valence-corrected chi connectivity index (χ1v) is 13.1. The van der Waals surface area contributed by atoms with E-state index in [0.29, 0.717) is 24.5 Å². The Kier molecular flexibility index (Phi) is 6.08. The molecule has 2 aromatic carbocycles. The highest BCUT2D eigenvalue weighted by Gasteiger charge is 2.42. The first kappa shape index (κ1) is 22.7. The number of piperidine rings is 1. The van der Waals surface area contributed by atoms with E-state index in [1.54, 1.807) is 20.5 Å². The van der Waals surface area contributed by atoms with Crippen LogP contribution in [0.2, 0.25) is 0 Å². The second kappa shape index (κ2) is 9.37. The summed E-state index contributed by atoms with van der Waals surface area (Å²) in [6.07, 6.45) is 5.79. The van der Waals surface area contributed by atoms with Gasteiger partial charge in [0.05, 0.1) is 30.6 Å². The molecule has 3 atom stereocenters. The van der Waals surface area contributed by atoms with Gasteiger partial charge in [-0.3, -0.25) is 4.90 Å². The van der Waals surface area contributed by atoms with Crippen LogP contribution in [0.3, 0.4) is 0 Å². The summed E-state index contributed by atoms with van der Waals surface area (Å²) in [5.41, 5.74) is 0.800. The number of aliphatic hydroxyl groups is 1. The van der Waals surface area contributed by atoms with Crippen molar-refractivity contribution in [3.63, 3.8) is 0 Å². The van der Waals surface area contributed by atoms with Crippen molar-refractivity contribution in [3.05, 3.63) is 53.6 Å². The number of aliphatic hydroxyl groups excluding tert-OH is 1. The first-order chi connectivity index (χ1) is 17.1. The number of hydrogen-bond donors (Lipinski definition) is 1. The van der Waals surface area contributed by atoms with Gasteiger partial charge in [-0.15, -0.1) is 11.3 Å². The van der Waals surface area contributed by atoms with Crippen molar-refractivity contribution in [2.24, 2.45) is 0 Å². The lowest BCUT2D eigenvalue weighted by atomic mass is 9.89. The molecule has 1 N–H and O–H groups in total. The molecule has 6 rings (SSSR count). The zero-order valence-corrected chi connectivity index (χ0v) is 20.9. The van der Waals surface area contributed by atoms with Crippen LogP contribution in [0.4, 0.5) is 0 Å². The van der Waals surface area contributed by atoms with Crippen LogP contribution >= 0.6 is 11.3 Å². The topological polar surface area (TPSA) is 64.3 Å². The number of furan rings is 1. The van der Waals surface area contributed by atoms with E-state index in [4.69, 9.17) is 18.6 Å². The molecule has 2 saturated heterocycles. The van der Waals surface area contributed by atoms with Crippen LogP contribution in [-0.4, -0.2) is 55.6 Å². The predicted molar refractivity (Wildman–Crippen MR) is 138 cm³/mol. The summed E-state index contributed by atoms with van der Waals surface area (Å²) in [4.78, 5) is 3.96. The van der Waals surface area contributed by atoms with E-state index < -0.39 is 6.10 Å². The minimum atomic E-state index is -0.530. The summed E-state index contributed by atoms with van der Waals surface area (Å²) in [5, 5.41) is 13.0. The van der Waals surface area contributed by atoms with Gasteiger partial charge in [0.2, 0.25) is 0 Å². The third-order valence-corrected chi connectivity index (χ3v) is 8.96. The molecule has 0 radical (unpaired) electrons. The van der Waals surface area contributed by atoms with Crippen molar-refractivity contribution in [3.8, 4) is 17.2 Å². The van der Waals surface area contributed by atoms with E-state index in [0.717, 1.165) is 45.8 Å². The average Bonchev–Trinajstić information content (AvgIpc) is 3.58. The average molecular weight is 494 g/mol. The fraction of sp³-hybridized carbons (Fsp3) is 0.429. The molecule has 4 heterocycles. The molecule has 0 spiro atoms. The van der Waals surface area contributed by atoms with Crippen molar-refractivity contribution in [1.82, 2.24) is 4.90 Å². The number of rotatable bonds is 8. The first-order valence-electron chi connectivity index (χ1n) is 12.3. The molecule has 2 aliphatic heterocycles. The Morgan fingerprint density at radius 3 is 2.66 bits per heavy atom. The Hall–Kier alpha value is -2.74. The Morgan fingerprint density at radius 2 is 1.89 bits per heavy atom. The molecular weight excluding hydrogens is 462 g/mol. The molecule has 0 saturated carbocycles. The zero-order chi connectivity index (χ0) is 23.9. The highest BCUT2D eigenvalue weighted by Crippen LogP contribution is 2.48. The van der Waals surface area contributed by atoms with Crippen LogP contribution in [0.1, 0.15) is 36.5 Å². The van der Waals surface area contributed by atoms with E-state index >= 15 is 0 Å². The molecule has 2 fully saturated rings. The lowest BCUT2D eigenvalue weighted by Crippen LogP contribution is -2.47. The molecule has 4 aromatic rings. The zero-order valence-electron chi connectivity index (χ0n) is 20.1. The van der Waals surface area contributed by atoms with Crippen LogP contribution < -0.4 is 14.2 Å². The maximum atomic E-state index is 10.8. The Balaban J connectivity index is 1.12. The molecule has 184 valence electrons. The Morgan fingerprint density at radius 1 is 1.06 bits per heavy atom. The van der Waals surface area contributed by atoms with E-state index in [1.165, 1.54) is 23.1 Å². The highest BCUT2D eigenvalue weighted by atomic mass is 32.1. The molecule has 6 nitrogen and oxygen atoms in total. The van der Waals surface area contributed by atoms with Crippen LogP contribution in [0.5, 0.6) is 17.2 Å². The van der Waals surface area contributed by atoms with E-state index in [9.17, 15) is 5.11 Å². The second-order valence-electron chi connectivity index (χ2n) is 9.67. The number of thiophene rings is 1. The van der Waals surface area contributed by atoms with Crippen LogP contribution in [0, 0.1) is 0 Å². The number of benzene rings is 2. The van der Waals surface area contributed by atoms with E-state index in [1.807, 2.05) is 41.7 Å². The van der Waals surface area contributed by atoms with Gasteiger partial charge in [0.1, 0.15) is 24.0 Å². The summed E-state index contributed by atoms with van der Waals surface area (Å²) < 4.78 is 23.8. The van der Waals surface area contributed by atoms with Gasteiger partial charge in [0, 0.05) is 23.5 Å². The lowest BCUT2D eigenvalue weighted by molar-refractivity contribution is 0.0323. The molecule has 0 aliphatic carbocycles. The summed E-state index contributed by atoms with van der Waals surface area (Å²) in [7, 11) is 3.39. The Bertz CT molecular complexity index is 1320. The van der Waals surface area contributed by atoms with Crippen molar-refractivity contribution in [2.75, 3.05) is 27.4 Å². The molecule has 2 unspecified atom stereocenters. The SMILES string of the molecule is COc1ccc2cc(C3CC4CCC(C3)N4C[C@H](O)COc3cccc4occc34)sc2c1OC. The third-order valence-electron chi connectivity index (χ3n) is 7.64. The number of fused-ring (bicyclic) bond motifs is 4. The van der Waals surface area contributed by atoms with Gasteiger partial charge < -0.3 is 23.7 Å². The van der Waals surface area contributed by atoms with Crippen molar-refractivity contribution < 1.29 is 23.7 Å². The van der Waals surface area contributed by atoms with E-state index in [2.05, 4.69) is 17.0 Å². The van der Waals surface area contributed by atoms with Crippen molar-refractivity contribution in [1.29, 1.82) is 0 Å². The molecule has 2 bridgehead atoms. The van der Waals surface area contributed by atoms with Gasteiger partial charge in [-0.05, 0) is 73.4 Å². The lowest BCUT2D eigenvalue weighted by Gasteiger charge is -2.39. The molecule has 2 aromatic heterocycles. The van der Waals surface area contributed by atoms with Gasteiger partial charge in [-0.1, -0.05) is 6.07 Å². The molecular formula is C28H31NO5S. The molecule has 0 amide bonds. The molecule has 35 heavy (non-hydrogen) atoms. The van der Waals surface area contributed by atoms with Gasteiger partial charge >= 0.3 is 0 Å². The van der Waals surface area contributed by atoms with Crippen LogP contribution in [0.15, 0.2) is 53.1 Å². The fourth-order valence-electron chi connectivity index (χ4n) is 6.01. The minimum absolute atomic E-state index is 0.279. The smallest absolute Gasteiger partial charge is 0.178 e. The fourth-order valence-corrected chi connectivity index (χ4v) is 7.32. The largest absolute Gasteiger partial charge is 0.493 e. The standard InChI is InChI=1S/C28H31NO5S/c1-31-25-9-6-17-14-26(35-28(17)27(25)32-2)18-12-19-7-8-20(13-18)29(19)15-21(30)16-34-24-5-3-4-23-22(24)10-11-33-23/h3-6,9-11,14,18-21,30H,7-8,12-13,15-16H2,1-2H3/t18?,19?,20?,21-/m0/s1. The quantitative estimate of drug-likeness (QED) is 0.334. The van der Waals surface area contributed by atoms with Crippen molar-refractivity contribution in [2.45, 2.75) is 49.8 Å². The molecule has 7 heteroatoms. The summed E-state index contributed by atoms with van der Waals surface area (Å²) >= 11 is 1.84. The van der Waals surface area contributed by atoms with Crippen molar-refractivity contribution >= 4 is 32.4 Å². The van der Waals surface area contributed by atoms with E-state index in [-0.39, 0.29) is 6.61 Å². The van der Waals surface area contributed by atoms with Gasteiger partial charge in [0.15, 0.2) is 11.5 Å². The predicted octanol–water partition coefficient (Wildman–Crippen LogP) is 5.82. The maximum absolute atomic E-state index is 10.8. The number of methoxy groups -OCH3 is 2. The number of hydrogen-bond acceptors (Lipinski definition) is 7. The minimum Gasteiger partial charge on any atom is -0.493 e. The summed E-state index contributed by atoms with van der Waals surface area (Å²) in [5.74, 6) is 2.91. The normalized spacial score (nSPS) is 23.1.